The summed E-state index contributed by atoms with van der Waals surface area (Å²) in [4.78, 5) is 22.0. The van der Waals surface area contributed by atoms with Gasteiger partial charge < -0.3 is 10.5 Å². The van der Waals surface area contributed by atoms with Crippen molar-refractivity contribution in [2.45, 2.75) is 31.7 Å². The topological polar surface area (TPSA) is 83.0 Å². The quantitative estimate of drug-likeness (QED) is 0.526. The van der Waals surface area contributed by atoms with Crippen molar-refractivity contribution in [1.82, 2.24) is 14.5 Å². The van der Waals surface area contributed by atoms with Gasteiger partial charge in [-0.15, -0.1) is 0 Å². The van der Waals surface area contributed by atoms with E-state index in [0.717, 1.165) is 37.0 Å². The van der Waals surface area contributed by atoms with Gasteiger partial charge in [0.2, 0.25) is 0 Å². The van der Waals surface area contributed by atoms with Gasteiger partial charge in [-0.25, -0.2) is 9.97 Å². The highest BCUT2D eigenvalue weighted by molar-refractivity contribution is 5.89. The van der Waals surface area contributed by atoms with Crippen LogP contribution in [-0.4, -0.2) is 14.5 Å². The highest BCUT2D eigenvalue weighted by Gasteiger charge is 2.23. The van der Waals surface area contributed by atoms with E-state index in [0.29, 0.717) is 28.2 Å². The summed E-state index contributed by atoms with van der Waals surface area (Å²) in [7, 11) is 0. The third-order valence-corrected chi connectivity index (χ3v) is 5.69. The number of nitrogen functional groups attached to an aromatic ring is 1. The van der Waals surface area contributed by atoms with Crippen LogP contribution in [-0.2, 0) is 0 Å². The van der Waals surface area contributed by atoms with Crippen LogP contribution >= 0.6 is 0 Å². The number of rotatable bonds is 4. The zero-order valence-corrected chi connectivity index (χ0v) is 16.5. The monoisotopic (exact) mass is 398 g/mol. The summed E-state index contributed by atoms with van der Waals surface area (Å²) in [5.41, 5.74) is 8.14. The van der Waals surface area contributed by atoms with Crippen molar-refractivity contribution in [2.24, 2.45) is 0 Å². The van der Waals surface area contributed by atoms with Gasteiger partial charge in [-0.2, -0.15) is 0 Å². The van der Waals surface area contributed by atoms with Gasteiger partial charge >= 0.3 is 0 Å². The first-order valence-corrected chi connectivity index (χ1v) is 10.2. The van der Waals surface area contributed by atoms with Gasteiger partial charge in [-0.05, 0) is 48.7 Å². The Bertz CT molecular complexity index is 1240. The molecule has 0 spiro atoms. The maximum absolute atomic E-state index is 13.5. The molecule has 30 heavy (non-hydrogen) atoms. The number of anilines is 1. The van der Waals surface area contributed by atoms with Gasteiger partial charge in [0.15, 0.2) is 0 Å². The Morgan fingerprint density at radius 2 is 1.63 bits per heavy atom. The van der Waals surface area contributed by atoms with Gasteiger partial charge in [-0.1, -0.05) is 43.2 Å². The molecule has 4 aromatic rings. The number of hydrogen-bond donors (Lipinski definition) is 1. The van der Waals surface area contributed by atoms with Gasteiger partial charge in [0, 0.05) is 11.6 Å². The van der Waals surface area contributed by atoms with Crippen LogP contribution in [0.2, 0.25) is 0 Å². The van der Waals surface area contributed by atoms with Crippen LogP contribution in [0, 0.1) is 0 Å². The minimum absolute atomic E-state index is 0.0378. The Kier molecular flexibility index (Phi) is 4.67. The molecule has 2 N–H and O–H groups in total. The van der Waals surface area contributed by atoms with Crippen molar-refractivity contribution < 1.29 is 4.74 Å². The molecule has 150 valence electrons. The van der Waals surface area contributed by atoms with Gasteiger partial charge in [0.1, 0.15) is 29.3 Å². The average Bonchev–Trinajstić information content (AvgIpc) is 3.29. The van der Waals surface area contributed by atoms with Gasteiger partial charge in [0.25, 0.3) is 5.56 Å². The van der Waals surface area contributed by atoms with Crippen molar-refractivity contribution in [2.75, 3.05) is 5.73 Å². The third kappa shape index (κ3) is 3.30. The van der Waals surface area contributed by atoms with Crippen LogP contribution in [0.4, 0.5) is 5.82 Å². The summed E-state index contributed by atoms with van der Waals surface area (Å²) in [5.74, 6) is 1.87. The fraction of sp³-hybridized carbons (Fsp3) is 0.208. The summed E-state index contributed by atoms with van der Waals surface area (Å²) < 4.78 is 7.69. The average molecular weight is 398 g/mol. The van der Waals surface area contributed by atoms with Gasteiger partial charge in [-0.3, -0.25) is 9.36 Å². The molecular formula is C24H22N4O2. The number of aromatic nitrogens is 3. The highest BCUT2D eigenvalue weighted by Crippen LogP contribution is 2.33. The van der Waals surface area contributed by atoms with E-state index in [9.17, 15) is 4.79 Å². The fourth-order valence-corrected chi connectivity index (χ4v) is 4.20. The number of hydrogen-bond acceptors (Lipinski definition) is 5. The van der Waals surface area contributed by atoms with E-state index in [2.05, 4.69) is 9.97 Å². The first-order valence-electron chi connectivity index (χ1n) is 10.2. The molecule has 0 radical (unpaired) electrons. The molecule has 0 aliphatic heterocycles. The molecule has 1 aliphatic carbocycles. The predicted molar refractivity (Wildman–Crippen MR) is 118 cm³/mol. The van der Waals surface area contributed by atoms with Crippen LogP contribution in [0.25, 0.3) is 22.2 Å². The Morgan fingerprint density at radius 3 is 2.37 bits per heavy atom. The number of nitrogens with two attached hydrogens (primary N) is 1. The van der Waals surface area contributed by atoms with E-state index < -0.39 is 0 Å². The van der Waals surface area contributed by atoms with E-state index in [1.165, 1.54) is 6.33 Å². The molecule has 1 fully saturated rings. The standard InChI is InChI=1S/C24H22N4O2/c25-22-21-14-20(16-10-12-19(13-11-16)30-18-8-2-1-3-9-18)24(29)28(17-6-4-5-7-17)23(21)27-15-26-22/h1-3,8-15,17H,4-7H2,(H2,25,26,27). The molecule has 2 heterocycles. The number of fused-ring (bicyclic) bond motifs is 1. The maximum Gasteiger partial charge on any atom is 0.260 e. The molecule has 0 saturated heterocycles. The molecule has 0 unspecified atom stereocenters. The first kappa shape index (κ1) is 18.4. The fourth-order valence-electron chi connectivity index (χ4n) is 4.20. The molecule has 2 aromatic carbocycles. The predicted octanol–water partition coefficient (Wildman–Crippen LogP) is 4.95. The first-order chi connectivity index (χ1) is 14.7. The molecule has 1 saturated carbocycles. The third-order valence-electron chi connectivity index (χ3n) is 5.69. The van der Waals surface area contributed by atoms with E-state index in [4.69, 9.17) is 10.5 Å². The largest absolute Gasteiger partial charge is 0.457 e. The number of benzene rings is 2. The van der Waals surface area contributed by atoms with Crippen LogP contribution in [0.5, 0.6) is 11.5 Å². The molecule has 6 nitrogen and oxygen atoms in total. The molecule has 6 heteroatoms. The van der Waals surface area contributed by atoms with Crippen LogP contribution < -0.4 is 16.0 Å². The van der Waals surface area contributed by atoms with E-state index >= 15 is 0 Å². The van der Waals surface area contributed by atoms with Gasteiger partial charge in [0.05, 0.1) is 5.39 Å². The van der Waals surface area contributed by atoms with Crippen molar-refractivity contribution in [3.8, 4) is 22.6 Å². The second-order valence-corrected chi connectivity index (χ2v) is 7.61. The molecule has 0 amide bonds. The summed E-state index contributed by atoms with van der Waals surface area (Å²) in [5, 5.41) is 0.712. The van der Waals surface area contributed by atoms with Crippen LogP contribution in [0.3, 0.4) is 0 Å². The van der Waals surface area contributed by atoms with Crippen LogP contribution in [0.1, 0.15) is 31.7 Å². The maximum atomic E-state index is 13.5. The van der Waals surface area contributed by atoms with Crippen molar-refractivity contribution in [3.63, 3.8) is 0 Å². The summed E-state index contributed by atoms with van der Waals surface area (Å²) in [6, 6.07) is 19.1. The number of pyridine rings is 1. The summed E-state index contributed by atoms with van der Waals surface area (Å²) >= 11 is 0. The lowest BCUT2D eigenvalue weighted by Crippen LogP contribution is -2.26. The summed E-state index contributed by atoms with van der Waals surface area (Å²) in [6.07, 6.45) is 5.63. The molecule has 5 rings (SSSR count). The van der Waals surface area contributed by atoms with E-state index in [-0.39, 0.29) is 11.6 Å². The lowest BCUT2D eigenvalue weighted by Gasteiger charge is -2.18. The zero-order chi connectivity index (χ0) is 20.5. The Balaban J connectivity index is 1.59. The smallest absolute Gasteiger partial charge is 0.260 e. The van der Waals surface area contributed by atoms with Crippen molar-refractivity contribution >= 4 is 16.9 Å². The lowest BCUT2D eigenvalue weighted by atomic mass is 10.0. The van der Waals surface area contributed by atoms with E-state index in [1.54, 1.807) is 0 Å². The molecule has 1 aliphatic rings. The van der Waals surface area contributed by atoms with Crippen molar-refractivity contribution in [1.29, 1.82) is 0 Å². The molecule has 0 atom stereocenters. The van der Waals surface area contributed by atoms with Crippen molar-refractivity contribution in [3.05, 3.63) is 77.3 Å². The van der Waals surface area contributed by atoms with E-state index in [1.807, 2.05) is 65.2 Å². The Labute approximate surface area is 174 Å². The SMILES string of the molecule is Nc1ncnc2c1cc(-c1ccc(Oc3ccccc3)cc1)c(=O)n2C1CCCC1. The minimum atomic E-state index is -0.0378. The number of para-hydroxylation sites is 1. The second-order valence-electron chi connectivity index (χ2n) is 7.61. The highest BCUT2D eigenvalue weighted by atomic mass is 16.5. The zero-order valence-electron chi connectivity index (χ0n) is 16.5. The Hall–Kier alpha value is -3.67. The Morgan fingerprint density at radius 1 is 0.933 bits per heavy atom. The minimum Gasteiger partial charge on any atom is -0.457 e. The summed E-state index contributed by atoms with van der Waals surface area (Å²) in [6.45, 7) is 0. The number of nitrogens with zero attached hydrogens (tertiary/aromatic N) is 3. The molecule has 0 bridgehead atoms. The molecule has 2 aromatic heterocycles. The molecular weight excluding hydrogens is 376 g/mol. The lowest BCUT2D eigenvalue weighted by molar-refractivity contribution is 0.483. The normalized spacial score (nSPS) is 14.3. The number of ether oxygens (including phenoxy) is 1. The van der Waals surface area contributed by atoms with Crippen LogP contribution in [0.15, 0.2) is 71.8 Å². The second kappa shape index (κ2) is 7.63.